The summed E-state index contributed by atoms with van der Waals surface area (Å²) >= 11 is 0. The first-order valence-corrected chi connectivity index (χ1v) is 8.60. The van der Waals surface area contributed by atoms with E-state index in [0.29, 0.717) is 5.69 Å². The number of anilines is 1. The van der Waals surface area contributed by atoms with E-state index in [1.54, 1.807) is 31.2 Å². The lowest BCUT2D eigenvalue weighted by Crippen LogP contribution is -2.36. The van der Waals surface area contributed by atoms with Crippen molar-refractivity contribution in [3.63, 3.8) is 0 Å². The molecule has 0 aliphatic rings. The van der Waals surface area contributed by atoms with Gasteiger partial charge in [-0.05, 0) is 36.8 Å². The van der Waals surface area contributed by atoms with E-state index in [2.05, 4.69) is 4.74 Å². The zero-order chi connectivity index (χ0) is 18.6. The van der Waals surface area contributed by atoms with Gasteiger partial charge >= 0.3 is 5.97 Å². The first kappa shape index (κ1) is 18.4. The van der Waals surface area contributed by atoms with Crippen LogP contribution in [0.5, 0.6) is 0 Å². The summed E-state index contributed by atoms with van der Waals surface area (Å²) in [5.41, 5.74) is 0.879. The zero-order valence-corrected chi connectivity index (χ0v) is 14.4. The van der Waals surface area contributed by atoms with Crippen LogP contribution in [0.1, 0.15) is 5.56 Å². The summed E-state index contributed by atoms with van der Waals surface area (Å²) in [6.45, 7) is 1.28. The number of methoxy groups -OCH3 is 1. The molecule has 2 rings (SSSR count). The van der Waals surface area contributed by atoms with Gasteiger partial charge in [-0.2, -0.15) is 0 Å². The van der Waals surface area contributed by atoms with Crippen molar-refractivity contribution in [2.75, 3.05) is 18.0 Å². The summed E-state index contributed by atoms with van der Waals surface area (Å²) < 4.78 is 31.3. The minimum atomic E-state index is -4.11. The maximum absolute atomic E-state index is 12.9. The Balaban J connectivity index is 2.50. The van der Waals surface area contributed by atoms with Crippen molar-refractivity contribution in [2.24, 2.45) is 0 Å². The lowest BCUT2D eigenvalue weighted by atomic mass is 10.2. The Hall–Kier alpha value is -2.94. The van der Waals surface area contributed by atoms with Gasteiger partial charge in [0.2, 0.25) is 0 Å². The van der Waals surface area contributed by atoms with E-state index in [1.165, 1.54) is 0 Å². The molecule has 0 unspecified atom stereocenters. The third kappa shape index (κ3) is 4.13. The van der Waals surface area contributed by atoms with Crippen molar-refractivity contribution in [3.8, 4) is 0 Å². The number of hydrogen-bond acceptors (Lipinski definition) is 6. The predicted molar refractivity (Wildman–Crippen MR) is 90.8 cm³/mol. The molecule has 0 amide bonds. The number of carbonyl (C=O) groups excluding carboxylic acids is 1. The fraction of sp³-hybridized carbons (Fsp3) is 0.188. The third-order valence-electron chi connectivity index (χ3n) is 3.43. The van der Waals surface area contributed by atoms with Crippen LogP contribution in [0.3, 0.4) is 0 Å². The maximum Gasteiger partial charge on any atom is 0.326 e. The van der Waals surface area contributed by atoms with Crippen molar-refractivity contribution in [1.82, 2.24) is 0 Å². The van der Waals surface area contributed by atoms with Crippen LogP contribution in [0.15, 0.2) is 53.4 Å². The molecule has 2 aromatic carbocycles. The fourth-order valence-corrected chi connectivity index (χ4v) is 3.55. The Labute approximate surface area is 144 Å². The highest BCUT2D eigenvalue weighted by Crippen LogP contribution is 2.25. The SMILES string of the molecule is COC(=O)CN(c1cccc(C)c1)S(=O)(=O)c1ccc([N+](=O)[O-])cc1. The number of sulfonamides is 1. The molecule has 0 bridgehead atoms. The number of benzene rings is 2. The number of non-ortho nitro benzene ring substituents is 1. The highest BCUT2D eigenvalue weighted by molar-refractivity contribution is 7.92. The van der Waals surface area contributed by atoms with Crippen molar-refractivity contribution in [1.29, 1.82) is 0 Å². The van der Waals surface area contributed by atoms with Crippen LogP contribution in [-0.4, -0.2) is 33.0 Å². The maximum atomic E-state index is 12.9. The van der Waals surface area contributed by atoms with E-state index < -0.39 is 27.5 Å². The molecule has 0 radical (unpaired) electrons. The molecule has 0 aromatic heterocycles. The number of nitro groups is 1. The van der Waals surface area contributed by atoms with Gasteiger partial charge in [-0.15, -0.1) is 0 Å². The molecule has 0 saturated carbocycles. The average Bonchev–Trinajstić information content (AvgIpc) is 2.59. The van der Waals surface area contributed by atoms with Gasteiger partial charge < -0.3 is 4.74 Å². The van der Waals surface area contributed by atoms with Crippen LogP contribution < -0.4 is 4.31 Å². The number of carbonyl (C=O) groups is 1. The highest BCUT2D eigenvalue weighted by Gasteiger charge is 2.28. The van der Waals surface area contributed by atoms with Crippen molar-refractivity contribution in [3.05, 3.63) is 64.2 Å². The third-order valence-corrected chi connectivity index (χ3v) is 5.21. The number of aryl methyl sites for hydroxylation is 1. The lowest BCUT2D eigenvalue weighted by Gasteiger charge is -2.23. The molecule has 2 aromatic rings. The van der Waals surface area contributed by atoms with Gasteiger partial charge in [-0.1, -0.05) is 12.1 Å². The number of nitrogens with zero attached hydrogens (tertiary/aromatic N) is 2. The minimum absolute atomic E-state index is 0.163. The van der Waals surface area contributed by atoms with Crippen LogP contribution >= 0.6 is 0 Å². The average molecular weight is 364 g/mol. The van der Waals surface area contributed by atoms with Crippen LogP contribution in [0.4, 0.5) is 11.4 Å². The van der Waals surface area contributed by atoms with Crippen molar-refractivity contribution < 1.29 is 22.9 Å². The molecule has 0 aliphatic carbocycles. The molecule has 8 nitrogen and oxygen atoms in total. The molecule has 0 heterocycles. The van der Waals surface area contributed by atoms with Gasteiger partial charge in [0.15, 0.2) is 0 Å². The number of ether oxygens (including phenoxy) is 1. The van der Waals surface area contributed by atoms with Gasteiger partial charge in [0.1, 0.15) is 6.54 Å². The Morgan fingerprint density at radius 2 is 1.84 bits per heavy atom. The first-order chi connectivity index (χ1) is 11.8. The normalized spacial score (nSPS) is 11.0. The molecule has 9 heteroatoms. The van der Waals surface area contributed by atoms with E-state index >= 15 is 0 Å². The molecule has 0 fully saturated rings. The van der Waals surface area contributed by atoms with Crippen molar-refractivity contribution >= 4 is 27.4 Å². The van der Waals surface area contributed by atoms with E-state index in [1.807, 2.05) is 0 Å². The Kier molecular flexibility index (Phi) is 5.38. The van der Waals surface area contributed by atoms with Gasteiger partial charge in [0.25, 0.3) is 15.7 Å². The first-order valence-electron chi connectivity index (χ1n) is 7.16. The Morgan fingerprint density at radius 1 is 1.20 bits per heavy atom. The van der Waals surface area contributed by atoms with E-state index in [0.717, 1.165) is 41.2 Å². The van der Waals surface area contributed by atoms with Gasteiger partial charge in [0.05, 0.1) is 22.6 Å². The van der Waals surface area contributed by atoms with Gasteiger partial charge in [-0.25, -0.2) is 8.42 Å². The molecular weight excluding hydrogens is 348 g/mol. The summed E-state index contributed by atoms with van der Waals surface area (Å²) in [6.07, 6.45) is 0. The standard InChI is InChI=1S/C16H16N2O6S/c1-12-4-3-5-14(10-12)17(11-16(19)24-2)25(22,23)15-8-6-13(7-9-15)18(20)21/h3-10H,11H2,1-2H3. The molecule has 25 heavy (non-hydrogen) atoms. The summed E-state index contributed by atoms with van der Waals surface area (Å²) in [5, 5.41) is 10.7. The molecule has 0 saturated heterocycles. The second-order valence-corrected chi connectivity index (χ2v) is 7.04. The fourth-order valence-electron chi connectivity index (χ4n) is 2.15. The van der Waals surface area contributed by atoms with Gasteiger partial charge in [0, 0.05) is 12.1 Å². The minimum Gasteiger partial charge on any atom is -0.468 e. The number of nitro benzene ring substituents is 1. The zero-order valence-electron chi connectivity index (χ0n) is 13.6. The number of rotatable bonds is 6. The van der Waals surface area contributed by atoms with Crippen LogP contribution in [0.2, 0.25) is 0 Å². The number of esters is 1. The Bertz CT molecular complexity index is 893. The predicted octanol–water partition coefficient (Wildman–Crippen LogP) is 2.27. The molecule has 0 spiro atoms. The van der Waals surface area contributed by atoms with Crippen LogP contribution in [-0.2, 0) is 19.6 Å². The summed E-state index contributed by atoms with van der Waals surface area (Å²) in [6, 6.07) is 11.1. The topological polar surface area (TPSA) is 107 Å². The molecular formula is C16H16N2O6S. The van der Waals surface area contributed by atoms with Crippen LogP contribution in [0.25, 0.3) is 0 Å². The number of hydrogen-bond donors (Lipinski definition) is 0. The largest absolute Gasteiger partial charge is 0.468 e. The monoisotopic (exact) mass is 364 g/mol. The van der Waals surface area contributed by atoms with E-state index in [9.17, 15) is 23.3 Å². The molecule has 132 valence electrons. The second-order valence-electron chi connectivity index (χ2n) is 5.18. The summed E-state index contributed by atoms with van der Waals surface area (Å²) in [7, 11) is -2.95. The van der Waals surface area contributed by atoms with Crippen molar-refractivity contribution in [2.45, 2.75) is 11.8 Å². The molecule has 0 aliphatic heterocycles. The molecule has 0 N–H and O–H groups in total. The van der Waals surface area contributed by atoms with Crippen LogP contribution in [0, 0.1) is 17.0 Å². The quantitative estimate of drug-likeness (QED) is 0.442. The molecule has 0 atom stereocenters. The second kappa shape index (κ2) is 7.31. The summed E-state index contributed by atoms with van der Waals surface area (Å²) in [4.78, 5) is 21.6. The van der Waals surface area contributed by atoms with E-state index in [-0.39, 0.29) is 10.6 Å². The summed E-state index contributed by atoms with van der Waals surface area (Å²) in [5.74, 6) is -0.730. The highest BCUT2D eigenvalue weighted by atomic mass is 32.2. The smallest absolute Gasteiger partial charge is 0.326 e. The van der Waals surface area contributed by atoms with Gasteiger partial charge in [-0.3, -0.25) is 19.2 Å². The lowest BCUT2D eigenvalue weighted by molar-refractivity contribution is -0.384. The van der Waals surface area contributed by atoms with E-state index in [4.69, 9.17) is 0 Å². The Morgan fingerprint density at radius 3 is 2.36 bits per heavy atom.